The van der Waals surface area contributed by atoms with Crippen LogP contribution in [0.3, 0.4) is 0 Å². The molecule has 0 aliphatic carbocycles. The van der Waals surface area contributed by atoms with Crippen LogP contribution >= 0.6 is 15.9 Å². The van der Waals surface area contributed by atoms with Gasteiger partial charge in [-0.25, -0.2) is 0 Å². The van der Waals surface area contributed by atoms with E-state index in [1.165, 1.54) is 11.1 Å². The third kappa shape index (κ3) is 3.82. The standard InChI is InChI=1S/C16H18BrNO/c1-11-4-3-5-13(8-11)10-19-16-7-6-14(17)9-15(16)12(2)18/h3-9,12H,10,18H2,1-2H3/t12-/m1/s1. The largest absolute Gasteiger partial charge is 0.489 e. The van der Waals surface area contributed by atoms with Gasteiger partial charge in [-0.3, -0.25) is 0 Å². The van der Waals surface area contributed by atoms with E-state index in [9.17, 15) is 0 Å². The first-order chi connectivity index (χ1) is 9.06. The van der Waals surface area contributed by atoms with Gasteiger partial charge in [0.2, 0.25) is 0 Å². The number of ether oxygens (including phenoxy) is 1. The molecule has 3 heteroatoms. The van der Waals surface area contributed by atoms with Crippen molar-refractivity contribution in [3.63, 3.8) is 0 Å². The van der Waals surface area contributed by atoms with E-state index in [-0.39, 0.29) is 6.04 Å². The number of hydrogen-bond donors (Lipinski definition) is 1. The van der Waals surface area contributed by atoms with Crippen LogP contribution in [0, 0.1) is 6.92 Å². The number of rotatable bonds is 4. The van der Waals surface area contributed by atoms with E-state index < -0.39 is 0 Å². The highest BCUT2D eigenvalue weighted by atomic mass is 79.9. The lowest BCUT2D eigenvalue weighted by molar-refractivity contribution is 0.301. The van der Waals surface area contributed by atoms with E-state index in [1.54, 1.807) is 0 Å². The van der Waals surface area contributed by atoms with E-state index in [1.807, 2.05) is 31.2 Å². The Morgan fingerprint density at radius 3 is 2.68 bits per heavy atom. The van der Waals surface area contributed by atoms with E-state index in [0.717, 1.165) is 15.8 Å². The number of aryl methyl sites for hydroxylation is 1. The van der Waals surface area contributed by atoms with Gasteiger partial charge < -0.3 is 10.5 Å². The molecule has 19 heavy (non-hydrogen) atoms. The van der Waals surface area contributed by atoms with Crippen LogP contribution in [0.2, 0.25) is 0 Å². The lowest BCUT2D eigenvalue weighted by Gasteiger charge is -2.14. The molecular weight excluding hydrogens is 302 g/mol. The van der Waals surface area contributed by atoms with Crippen LogP contribution in [0.4, 0.5) is 0 Å². The topological polar surface area (TPSA) is 35.2 Å². The molecule has 0 aromatic heterocycles. The monoisotopic (exact) mass is 319 g/mol. The third-order valence-electron chi connectivity index (χ3n) is 2.94. The molecule has 0 radical (unpaired) electrons. The Morgan fingerprint density at radius 1 is 1.21 bits per heavy atom. The maximum atomic E-state index is 5.98. The smallest absolute Gasteiger partial charge is 0.124 e. The van der Waals surface area contributed by atoms with Gasteiger partial charge in [-0.05, 0) is 37.6 Å². The molecule has 0 heterocycles. The molecule has 100 valence electrons. The highest BCUT2D eigenvalue weighted by Crippen LogP contribution is 2.28. The molecule has 0 unspecified atom stereocenters. The second-order valence-electron chi connectivity index (χ2n) is 4.75. The van der Waals surface area contributed by atoms with Crippen LogP contribution in [-0.4, -0.2) is 0 Å². The molecule has 2 rings (SSSR count). The van der Waals surface area contributed by atoms with Crippen molar-refractivity contribution >= 4 is 15.9 Å². The van der Waals surface area contributed by atoms with Gasteiger partial charge in [0.15, 0.2) is 0 Å². The first-order valence-electron chi connectivity index (χ1n) is 6.29. The normalized spacial score (nSPS) is 12.2. The number of nitrogens with two attached hydrogens (primary N) is 1. The van der Waals surface area contributed by atoms with Crippen molar-refractivity contribution in [2.45, 2.75) is 26.5 Å². The van der Waals surface area contributed by atoms with Crippen molar-refractivity contribution in [3.05, 3.63) is 63.6 Å². The zero-order chi connectivity index (χ0) is 13.8. The van der Waals surface area contributed by atoms with Gasteiger partial charge in [-0.2, -0.15) is 0 Å². The molecule has 2 aromatic rings. The van der Waals surface area contributed by atoms with Gasteiger partial charge in [0.25, 0.3) is 0 Å². The molecule has 0 aliphatic heterocycles. The Labute approximate surface area is 122 Å². The second kappa shape index (κ2) is 6.22. The van der Waals surface area contributed by atoms with Gasteiger partial charge in [0, 0.05) is 16.1 Å². The molecule has 0 amide bonds. The van der Waals surface area contributed by atoms with Crippen molar-refractivity contribution < 1.29 is 4.74 Å². The van der Waals surface area contributed by atoms with Gasteiger partial charge >= 0.3 is 0 Å². The molecule has 0 fully saturated rings. The maximum absolute atomic E-state index is 5.98. The summed E-state index contributed by atoms with van der Waals surface area (Å²) in [7, 11) is 0. The van der Waals surface area contributed by atoms with Crippen molar-refractivity contribution in [1.29, 1.82) is 0 Å². The van der Waals surface area contributed by atoms with Crippen molar-refractivity contribution in [2.24, 2.45) is 5.73 Å². The summed E-state index contributed by atoms with van der Waals surface area (Å²) >= 11 is 3.46. The maximum Gasteiger partial charge on any atom is 0.124 e. The molecule has 0 bridgehead atoms. The molecule has 0 spiro atoms. The first-order valence-corrected chi connectivity index (χ1v) is 7.09. The Morgan fingerprint density at radius 2 is 2.00 bits per heavy atom. The minimum absolute atomic E-state index is 0.0509. The fourth-order valence-corrected chi connectivity index (χ4v) is 2.35. The molecule has 2 nitrogen and oxygen atoms in total. The zero-order valence-corrected chi connectivity index (χ0v) is 12.8. The molecule has 0 saturated heterocycles. The Hall–Kier alpha value is -1.32. The minimum Gasteiger partial charge on any atom is -0.489 e. The van der Waals surface area contributed by atoms with Crippen LogP contribution in [0.15, 0.2) is 46.9 Å². The van der Waals surface area contributed by atoms with Gasteiger partial charge in [-0.15, -0.1) is 0 Å². The molecule has 1 atom stereocenters. The van der Waals surface area contributed by atoms with Gasteiger partial charge in [-0.1, -0.05) is 45.8 Å². The van der Waals surface area contributed by atoms with E-state index >= 15 is 0 Å². The Balaban J connectivity index is 2.15. The van der Waals surface area contributed by atoms with Crippen LogP contribution < -0.4 is 10.5 Å². The molecule has 0 aliphatic rings. The minimum atomic E-state index is -0.0509. The van der Waals surface area contributed by atoms with Gasteiger partial charge in [0.05, 0.1) is 0 Å². The number of halogens is 1. The van der Waals surface area contributed by atoms with Crippen LogP contribution in [0.1, 0.15) is 29.7 Å². The summed E-state index contributed by atoms with van der Waals surface area (Å²) in [5, 5.41) is 0. The quantitative estimate of drug-likeness (QED) is 0.908. The fraction of sp³-hybridized carbons (Fsp3) is 0.250. The van der Waals surface area contributed by atoms with E-state index in [2.05, 4.69) is 41.1 Å². The van der Waals surface area contributed by atoms with E-state index in [4.69, 9.17) is 10.5 Å². The number of benzene rings is 2. The summed E-state index contributed by atoms with van der Waals surface area (Å²) in [6.45, 7) is 4.60. The summed E-state index contributed by atoms with van der Waals surface area (Å²) in [5.41, 5.74) is 9.40. The summed E-state index contributed by atoms with van der Waals surface area (Å²) in [6, 6.07) is 14.2. The average molecular weight is 320 g/mol. The highest BCUT2D eigenvalue weighted by molar-refractivity contribution is 9.10. The number of hydrogen-bond acceptors (Lipinski definition) is 2. The summed E-state index contributed by atoms with van der Waals surface area (Å²) in [6.07, 6.45) is 0. The van der Waals surface area contributed by atoms with Crippen molar-refractivity contribution in [3.8, 4) is 5.75 Å². The fourth-order valence-electron chi connectivity index (χ4n) is 1.97. The van der Waals surface area contributed by atoms with E-state index in [0.29, 0.717) is 6.61 Å². The molecule has 0 saturated carbocycles. The average Bonchev–Trinajstić information content (AvgIpc) is 2.37. The highest BCUT2D eigenvalue weighted by Gasteiger charge is 2.09. The summed E-state index contributed by atoms with van der Waals surface area (Å²) < 4.78 is 6.91. The van der Waals surface area contributed by atoms with Crippen LogP contribution in [-0.2, 0) is 6.61 Å². The SMILES string of the molecule is Cc1cccc(COc2ccc(Br)cc2[C@@H](C)N)c1. The third-order valence-corrected chi connectivity index (χ3v) is 3.43. The molecular formula is C16H18BrNO. The van der Waals surface area contributed by atoms with Crippen LogP contribution in [0.5, 0.6) is 5.75 Å². The first kappa shape index (κ1) is 14.1. The summed E-state index contributed by atoms with van der Waals surface area (Å²) in [5.74, 6) is 0.847. The predicted octanol–water partition coefficient (Wildman–Crippen LogP) is 4.36. The molecule has 2 aromatic carbocycles. The predicted molar refractivity (Wildman–Crippen MR) is 82.3 cm³/mol. The molecule has 2 N–H and O–H groups in total. The second-order valence-corrected chi connectivity index (χ2v) is 5.66. The Kier molecular flexibility index (Phi) is 4.61. The zero-order valence-electron chi connectivity index (χ0n) is 11.2. The lowest BCUT2D eigenvalue weighted by atomic mass is 10.1. The lowest BCUT2D eigenvalue weighted by Crippen LogP contribution is -2.08. The van der Waals surface area contributed by atoms with Gasteiger partial charge in [0.1, 0.15) is 12.4 Å². The van der Waals surface area contributed by atoms with Crippen molar-refractivity contribution in [1.82, 2.24) is 0 Å². The summed E-state index contributed by atoms with van der Waals surface area (Å²) in [4.78, 5) is 0. The van der Waals surface area contributed by atoms with Crippen LogP contribution in [0.25, 0.3) is 0 Å². The van der Waals surface area contributed by atoms with Crippen molar-refractivity contribution in [2.75, 3.05) is 0 Å². The Bertz CT molecular complexity index is 566.